The molecule has 12 heteroatoms. The van der Waals surface area contributed by atoms with Crippen LogP contribution in [-0.4, -0.2) is 44.3 Å². The zero-order valence-electron chi connectivity index (χ0n) is 25.2. The number of rotatable bonds is 13. The van der Waals surface area contributed by atoms with Crippen molar-refractivity contribution in [3.8, 4) is 0 Å². The molecule has 46 heavy (non-hydrogen) atoms. The molecular weight excluding hydrogens is 688 g/mol. The zero-order valence-corrected chi connectivity index (χ0v) is 29.1. The average molecular weight is 722 g/mol. The summed E-state index contributed by atoms with van der Waals surface area (Å²) in [5.41, 5.74) is 2.15. The van der Waals surface area contributed by atoms with Crippen LogP contribution in [0.15, 0.2) is 95.9 Å². The van der Waals surface area contributed by atoms with Gasteiger partial charge in [-0.25, -0.2) is 8.42 Å². The van der Waals surface area contributed by atoms with Gasteiger partial charge < -0.3 is 10.2 Å². The number of nitrogens with zero attached hydrogens (tertiary/aromatic N) is 2. The number of hydrogen-bond donors (Lipinski definition) is 1. The second kappa shape index (κ2) is 16.0. The summed E-state index contributed by atoms with van der Waals surface area (Å²) in [5, 5.41) is 3.85. The van der Waals surface area contributed by atoms with Gasteiger partial charge in [0.05, 0.1) is 10.6 Å². The van der Waals surface area contributed by atoms with E-state index in [1.807, 2.05) is 44.2 Å². The molecule has 0 aliphatic carbocycles. The van der Waals surface area contributed by atoms with E-state index in [9.17, 15) is 18.0 Å². The minimum Gasteiger partial charge on any atom is -0.354 e. The van der Waals surface area contributed by atoms with E-state index in [1.54, 1.807) is 30.3 Å². The molecule has 2 amide bonds. The lowest BCUT2D eigenvalue weighted by Crippen LogP contribution is -2.53. The molecule has 0 aliphatic heterocycles. The van der Waals surface area contributed by atoms with E-state index >= 15 is 0 Å². The molecule has 0 bridgehead atoms. The van der Waals surface area contributed by atoms with Crippen LogP contribution in [0.25, 0.3) is 0 Å². The Kier molecular flexibility index (Phi) is 12.4. The molecule has 0 spiro atoms. The second-order valence-electron chi connectivity index (χ2n) is 10.7. The van der Waals surface area contributed by atoms with Crippen molar-refractivity contribution in [2.24, 2.45) is 0 Å². The minimum atomic E-state index is -4.33. The number of carbonyl (C=O) groups is 2. The highest BCUT2D eigenvalue weighted by Gasteiger charge is 2.35. The van der Waals surface area contributed by atoms with Crippen LogP contribution in [0, 0.1) is 6.92 Å². The third kappa shape index (κ3) is 8.96. The van der Waals surface area contributed by atoms with Crippen LogP contribution < -0.4 is 9.62 Å². The second-order valence-corrected chi connectivity index (χ2v) is 14.2. The molecule has 4 aromatic carbocycles. The molecule has 0 aromatic heterocycles. The first-order valence-corrected chi connectivity index (χ1v) is 17.5. The van der Waals surface area contributed by atoms with E-state index in [0.29, 0.717) is 28.6 Å². The summed E-state index contributed by atoms with van der Waals surface area (Å²) in [6, 6.07) is 23.7. The number of sulfonamides is 1. The Morgan fingerprint density at radius 2 is 1.43 bits per heavy atom. The van der Waals surface area contributed by atoms with E-state index in [-0.39, 0.29) is 33.6 Å². The number of amides is 2. The van der Waals surface area contributed by atoms with Crippen molar-refractivity contribution >= 4 is 73.9 Å². The van der Waals surface area contributed by atoms with Gasteiger partial charge in [-0.2, -0.15) is 0 Å². The molecule has 0 fully saturated rings. The van der Waals surface area contributed by atoms with Gasteiger partial charge in [0, 0.05) is 45.2 Å². The normalized spacial score (nSPS) is 12.0. The molecule has 0 saturated heterocycles. The van der Waals surface area contributed by atoms with Gasteiger partial charge in [0.1, 0.15) is 12.6 Å². The molecule has 0 radical (unpaired) electrons. The molecule has 1 N–H and O–H groups in total. The predicted octanol–water partition coefficient (Wildman–Crippen LogP) is 7.97. The highest BCUT2D eigenvalue weighted by atomic mass is 35.5. The molecule has 1 atom stereocenters. The lowest BCUT2D eigenvalue weighted by atomic mass is 10.0. The smallest absolute Gasteiger partial charge is 0.264 e. The molecule has 4 aromatic rings. The quantitative estimate of drug-likeness (QED) is 0.152. The number of anilines is 1. The maximum atomic E-state index is 14.6. The summed E-state index contributed by atoms with van der Waals surface area (Å²) in [4.78, 5) is 29.6. The summed E-state index contributed by atoms with van der Waals surface area (Å²) in [5.74, 6) is -1.07. The van der Waals surface area contributed by atoms with Crippen molar-refractivity contribution in [3.63, 3.8) is 0 Å². The zero-order chi connectivity index (χ0) is 33.4. The maximum absolute atomic E-state index is 14.6. The Balaban J connectivity index is 1.85. The maximum Gasteiger partial charge on any atom is 0.264 e. The highest BCUT2D eigenvalue weighted by molar-refractivity contribution is 7.92. The highest BCUT2D eigenvalue weighted by Crippen LogP contribution is 2.31. The SMILES string of the molecule is CCCNC(=O)[C@H](Cc1ccccc1)N(Cc1c(Cl)cccc1Cl)C(=O)CN(c1cc(Cl)cc(Cl)c1)S(=O)(=O)c1ccc(C)cc1. The van der Waals surface area contributed by atoms with Gasteiger partial charge in [-0.1, -0.05) is 107 Å². The van der Waals surface area contributed by atoms with Crippen molar-refractivity contribution in [1.82, 2.24) is 10.2 Å². The number of hydrogen-bond acceptors (Lipinski definition) is 4. The fraction of sp³-hybridized carbons (Fsp3) is 0.235. The number of aryl methyl sites for hydroxylation is 1. The van der Waals surface area contributed by atoms with Crippen molar-refractivity contribution in [2.45, 2.75) is 44.2 Å². The molecule has 242 valence electrons. The van der Waals surface area contributed by atoms with Crippen molar-refractivity contribution in [2.75, 3.05) is 17.4 Å². The van der Waals surface area contributed by atoms with Crippen molar-refractivity contribution in [1.29, 1.82) is 0 Å². The molecule has 0 heterocycles. The van der Waals surface area contributed by atoms with Gasteiger partial charge in [0.2, 0.25) is 11.8 Å². The Hall–Kier alpha value is -3.27. The van der Waals surface area contributed by atoms with Gasteiger partial charge in [0.25, 0.3) is 10.0 Å². The Bertz CT molecular complexity index is 1750. The lowest BCUT2D eigenvalue weighted by Gasteiger charge is -2.34. The van der Waals surface area contributed by atoms with Gasteiger partial charge in [-0.05, 0) is 61.4 Å². The van der Waals surface area contributed by atoms with Gasteiger partial charge in [0.15, 0.2) is 0 Å². The number of halogens is 4. The van der Waals surface area contributed by atoms with E-state index in [0.717, 1.165) is 15.4 Å². The number of nitrogens with one attached hydrogen (secondary N) is 1. The standard InChI is InChI=1S/C34H33Cl4N3O4S/c1-3-16-39-34(43)32(17-24-8-5-4-6-9-24)40(21-29-30(37)10-7-11-31(29)38)33(42)22-41(27-19-25(35)18-26(36)20-27)46(44,45)28-14-12-23(2)13-15-28/h4-15,18-20,32H,3,16-17,21-22H2,1-2H3,(H,39,43)/t32-/m0/s1. The third-order valence-corrected chi connectivity index (χ3v) is 10.2. The number of carbonyl (C=O) groups excluding carboxylic acids is 2. The average Bonchev–Trinajstić information content (AvgIpc) is 3.01. The molecular formula is C34H33Cl4N3O4S. The van der Waals surface area contributed by atoms with E-state index in [2.05, 4.69) is 5.32 Å². The van der Waals surface area contributed by atoms with Crippen LogP contribution in [0.2, 0.25) is 20.1 Å². The summed E-state index contributed by atoms with van der Waals surface area (Å²) in [6.07, 6.45) is 0.823. The molecule has 0 aliphatic rings. The first-order chi connectivity index (χ1) is 21.9. The van der Waals surface area contributed by atoms with Crippen LogP contribution in [-0.2, 0) is 32.6 Å². The van der Waals surface area contributed by atoms with Crippen LogP contribution >= 0.6 is 46.4 Å². The summed E-state index contributed by atoms with van der Waals surface area (Å²) in [6.45, 7) is 3.30. The number of benzene rings is 4. The molecule has 7 nitrogen and oxygen atoms in total. The molecule has 4 rings (SSSR count). The van der Waals surface area contributed by atoms with Crippen LogP contribution in [0.1, 0.15) is 30.0 Å². The van der Waals surface area contributed by atoms with Crippen molar-refractivity contribution < 1.29 is 18.0 Å². The molecule has 0 saturated carbocycles. The van der Waals surface area contributed by atoms with E-state index in [4.69, 9.17) is 46.4 Å². The van der Waals surface area contributed by atoms with Crippen LogP contribution in [0.5, 0.6) is 0 Å². The van der Waals surface area contributed by atoms with Crippen LogP contribution in [0.4, 0.5) is 5.69 Å². The Labute approximate surface area is 290 Å². The largest absolute Gasteiger partial charge is 0.354 e. The first kappa shape index (κ1) is 35.6. The molecule has 0 unspecified atom stereocenters. The Morgan fingerprint density at radius 1 is 0.826 bits per heavy atom. The van der Waals surface area contributed by atoms with E-state index < -0.39 is 34.4 Å². The topological polar surface area (TPSA) is 86.8 Å². The monoisotopic (exact) mass is 719 g/mol. The van der Waals surface area contributed by atoms with E-state index in [1.165, 1.54) is 35.2 Å². The van der Waals surface area contributed by atoms with Gasteiger partial charge >= 0.3 is 0 Å². The van der Waals surface area contributed by atoms with Crippen molar-refractivity contribution in [3.05, 3.63) is 128 Å². The third-order valence-electron chi connectivity index (χ3n) is 7.23. The Morgan fingerprint density at radius 3 is 2.02 bits per heavy atom. The first-order valence-electron chi connectivity index (χ1n) is 14.5. The summed E-state index contributed by atoms with van der Waals surface area (Å²) >= 11 is 25.7. The van der Waals surface area contributed by atoms with Gasteiger partial charge in [-0.3, -0.25) is 13.9 Å². The minimum absolute atomic E-state index is 0.0378. The predicted molar refractivity (Wildman–Crippen MR) is 186 cm³/mol. The fourth-order valence-corrected chi connectivity index (χ4v) is 7.25. The van der Waals surface area contributed by atoms with Crippen LogP contribution in [0.3, 0.4) is 0 Å². The van der Waals surface area contributed by atoms with Gasteiger partial charge in [-0.15, -0.1) is 0 Å². The summed E-state index contributed by atoms with van der Waals surface area (Å²) in [7, 11) is -4.33. The fourth-order valence-electron chi connectivity index (χ4n) is 4.82. The lowest BCUT2D eigenvalue weighted by molar-refractivity contribution is -0.140. The summed E-state index contributed by atoms with van der Waals surface area (Å²) < 4.78 is 29.3.